The second kappa shape index (κ2) is 5.90. The fraction of sp³-hybridized carbons (Fsp3) is 0.857. The fourth-order valence-electron chi connectivity index (χ4n) is 2.41. The van der Waals surface area contributed by atoms with Crippen molar-refractivity contribution in [2.75, 3.05) is 19.6 Å². The Hall–Kier alpha value is -1.10. The van der Waals surface area contributed by atoms with E-state index in [1.165, 1.54) is 0 Å². The predicted molar refractivity (Wildman–Crippen MR) is 73.9 cm³/mol. The number of hydrogen-bond acceptors (Lipinski definition) is 3. The second-order valence-corrected chi connectivity index (χ2v) is 6.46. The van der Waals surface area contributed by atoms with E-state index in [4.69, 9.17) is 0 Å². The number of carbonyl (C=O) groups is 2. The third-order valence-electron chi connectivity index (χ3n) is 3.83. The maximum absolute atomic E-state index is 12.1. The minimum Gasteiger partial charge on any atom is -0.481 e. The Balaban J connectivity index is 2.64. The molecule has 5 nitrogen and oxygen atoms in total. The van der Waals surface area contributed by atoms with Crippen LogP contribution in [0.25, 0.3) is 0 Å². The van der Waals surface area contributed by atoms with Gasteiger partial charge in [-0.1, -0.05) is 6.92 Å². The highest BCUT2D eigenvalue weighted by molar-refractivity contribution is 5.81. The Bertz CT molecular complexity index is 349. The zero-order valence-corrected chi connectivity index (χ0v) is 12.5. The van der Waals surface area contributed by atoms with Gasteiger partial charge in [-0.05, 0) is 40.0 Å². The molecule has 0 aromatic rings. The van der Waals surface area contributed by atoms with Gasteiger partial charge in [0.15, 0.2) is 0 Å². The van der Waals surface area contributed by atoms with Gasteiger partial charge in [-0.15, -0.1) is 0 Å². The summed E-state index contributed by atoms with van der Waals surface area (Å²) in [5.41, 5.74) is -0.865. The molecular weight excluding hydrogens is 244 g/mol. The third kappa shape index (κ3) is 4.20. The second-order valence-electron chi connectivity index (χ2n) is 6.46. The van der Waals surface area contributed by atoms with Crippen LogP contribution in [0.2, 0.25) is 0 Å². The molecule has 1 aliphatic rings. The maximum atomic E-state index is 12.1. The number of piperidine rings is 1. The summed E-state index contributed by atoms with van der Waals surface area (Å²) in [6, 6.07) is 0. The van der Waals surface area contributed by atoms with E-state index in [1.807, 2.05) is 27.7 Å². The Morgan fingerprint density at radius 3 is 2.47 bits per heavy atom. The molecule has 0 spiro atoms. The highest BCUT2D eigenvalue weighted by Gasteiger charge is 2.41. The van der Waals surface area contributed by atoms with E-state index in [1.54, 1.807) is 4.90 Å². The van der Waals surface area contributed by atoms with Gasteiger partial charge in [0, 0.05) is 18.6 Å². The summed E-state index contributed by atoms with van der Waals surface area (Å²) < 4.78 is 0. The van der Waals surface area contributed by atoms with E-state index in [0.717, 1.165) is 6.42 Å². The number of amides is 1. The summed E-state index contributed by atoms with van der Waals surface area (Å²) in [5.74, 6) is -0.787. The Labute approximate surface area is 115 Å². The van der Waals surface area contributed by atoms with Gasteiger partial charge in [0.1, 0.15) is 0 Å². The molecule has 2 N–H and O–H groups in total. The minimum atomic E-state index is -0.781. The van der Waals surface area contributed by atoms with Crippen molar-refractivity contribution in [3.8, 4) is 0 Å². The van der Waals surface area contributed by atoms with Gasteiger partial charge in [0.2, 0.25) is 5.91 Å². The lowest BCUT2D eigenvalue weighted by molar-refractivity contribution is -0.155. The largest absolute Gasteiger partial charge is 0.481 e. The van der Waals surface area contributed by atoms with Crippen LogP contribution in [0.4, 0.5) is 0 Å². The first kappa shape index (κ1) is 16.0. The average Bonchev–Trinajstić information content (AvgIpc) is 2.34. The van der Waals surface area contributed by atoms with Crippen LogP contribution < -0.4 is 5.32 Å². The number of carboxylic acid groups (broad SMARTS) is 1. The van der Waals surface area contributed by atoms with Crippen LogP contribution in [0.5, 0.6) is 0 Å². The standard InChI is InChI=1S/C14H26N2O3/c1-5-14(12(18)19)7-6-8-16(10-14)11(17)9-15-13(2,3)4/h15H,5-10H2,1-4H3,(H,18,19). The van der Waals surface area contributed by atoms with Gasteiger partial charge in [0.05, 0.1) is 12.0 Å². The Morgan fingerprint density at radius 1 is 1.37 bits per heavy atom. The number of rotatable bonds is 4. The van der Waals surface area contributed by atoms with Crippen molar-refractivity contribution in [3.05, 3.63) is 0 Å². The summed E-state index contributed by atoms with van der Waals surface area (Å²) in [5, 5.41) is 12.5. The van der Waals surface area contributed by atoms with Gasteiger partial charge in [-0.2, -0.15) is 0 Å². The van der Waals surface area contributed by atoms with Crippen LogP contribution in [-0.4, -0.2) is 47.1 Å². The van der Waals surface area contributed by atoms with Gasteiger partial charge in [0.25, 0.3) is 0 Å². The molecule has 1 fully saturated rings. The number of nitrogens with one attached hydrogen (secondary N) is 1. The zero-order chi connectivity index (χ0) is 14.7. The molecule has 1 atom stereocenters. The van der Waals surface area contributed by atoms with Crippen molar-refractivity contribution in [1.82, 2.24) is 10.2 Å². The molecule has 0 aromatic carbocycles. The first-order valence-corrected chi connectivity index (χ1v) is 6.96. The molecule has 0 saturated carbocycles. The molecule has 0 radical (unpaired) electrons. The molecule has 110 valence electrons. The fourth-order valence-corrected chi connectivity index (χ4v) is 2.41. The van der Waals surface area contributed by atoms with Crippen molar-refractivity contribution in [2.45, 2.75) is 52.5 Å². The molecule has 5 heteroatoms. The molecule has 0 aliphatic carbocycles. The van der Waals surface area contributed by atoms with E-state index in [0.29, 0.717) is 25.9 Å². The average molecular weight is 270 g/mol. The molecule has 1 aliphatic heterocycles. The van der Waals surface area contributed by atoms with Gasteiger partial charge in [-0.3, -0.25) is 9.59 Å². The number of carbonyl (C=O) groups excluding carboxylic acids is 1. The number of aliphatic carboxylic acids is 1. The van der Waals surface area contributed by atoms with Crippen LogP contribution in [0.3, 0.4) is 0 Å². The van der Waals surface area contributed by atoms with E-state index < -0.39 is 11.4 Å². The van der Waals surface area contributed by atoms with Crippen LogP contribution in [0.15, 0.2) is 0 Å². The van der Waals surface area contributed by atoms with Crippen LogP contribution in [-0.2, 0) is 9.59 Å². The van der Waals surface area contributed by atoms with Crippen LogP contribution >= 0.6 is 0 Å². The lowest BCUT2D eigenvalue weighted by Crippen LogP contribution is -2.52. The Kier molecular flexibility index (Phi) is 4.96. The van der Waals surface area contributed by atoms with E-state index in [9.17, 15) is 14.7 Å². The summed E-state index contributed by atoms with van der Waals surface area (Å²) in [6.45, 7) is 9.17. The van der Waals surface area contributed by atoms with E-state index in [2.05, 4.69) is 5.32 Å². The van der Waals surface area contributed by atoms with Gasteiger partial charge >= 0.3 is 5.97 Å². The highest BCUT2D eigenvalue weighted by Crippen LogP contribution is 2.33. The zero-order valence-electron chi connectivity index (χ0n) is 12.5. The first-order valence-electron chi connectivity index (χ1n) is 6.96. The topological polar surface area (TPSA) is 69.6 Å². The molecule has 0 aromatic heterocycles. The van der Waals surface area contributed by atoms with Gasteiger partial charge < -0.3 is 15.3 Å². The number of hydrogen-bond donors (Lipinski definition) is 2. The molecule has 0 bridgehead atoms. The lowest BCUT2D eigenvalue weighted by atomic mass is 9.77. The molecule has 1 saturated heterocycles. The molecule has 1 rings (SSSR count). The summed E-state index contributed by atoms with van der Waals surface area (Å²) in [6.07, 6.45) is 2.00. The molecule has 1 unspecified atom stereocenters. The number of carboxylic acids is 1. The van der Waals surface area contributed by atoms with Crippen LogP contribution in [0.1, 0.15) is 47.0 Å². The van der Waals surface area contributed by atoms with Crippen LogP contribution in [0, 0.1) is 5.41 Å². The molecule has 1 amide bonds. The first-order chi connectivity index (χ1) is 8.70. The Morgan fingerprint density at radius 2 is 2.00 bits per heavy atom. The monoisotopic (exact) mass is 270 g/mol. The highest BCUT2D eigenvalue weighted by atomic mass is 16.4. The lowest BCUT2D eigenvalue weighted by Gasteiger charge is -2.39. The summed E-state index contributed by atoms with van der Waals surface area (Å²) in [4.78, 5) is 25.3. The summed E-state index contributed by atoms with van der Waals surface area (Å²) >= 11 is 0. The smallest absolute Gasteiger partial charge is 0.311 e. The van der Waals surface area contributed by atoms with Crippen molar-refractivity contribution in [2.24, 2.45) is 5.41 Å². The predicted octanol–water partition coefficient (Wildman–Crippen LogP) is 1.48. The van der Waals surface area contributed by atoms with E-state index >= 15 is 0 Å². The van der Waals surface area contributed by atoms with Crippen molar-refractivity contribution < 1.29 is 14.7 Å². The molecular formula is C14H26N2O3. The normalized spacial score (nSPS) is 24.3. The third-order valence-corrected chi connectivity index (χ3v) is 3.83. The number of likely N-dealkylation sites (tertiary alicyclic amines) is 1. The molecule has 19 heavy (non-hydrogen) atoms. The minimum absolute atomic E-state index is 0.00583. The van der Waals surface area contributed by atoms with Crippen molar-refractivity contribution in [1.29, 1.82) is 0 Å². The SMILES string of the molecule is CCC1(C(=O)O)CCCN(C(=O)CNC(C)(C)C)C1. The maximum Gasteiger partial charge on any atom is 0.311 e. The van der Waals surface area contributed by atoms with E-state index in [-0.39, 0.29) is 18.0 Å². The van der Waals surface area contributed by atoms with Crippen molar-refractivity contribution in [3.63, 3.8) is 0 Å². The summed E-state index contributed by atoms with van der Waals surface area (Å²) in [7, 11) is 0. The van der Waals surface area contributed by atoms with Crippen molar-refractivity contribution >= 4 is 11.9 Å². The number of nitrogens with zero attached hydrogens (tertiary/aromatic N) is 1. The molecule has 1 heterocycles. The quantitative estimate of drug-likeness (QED) is 0.812. The van der Waals surface area contributed by atoms with Gasteiger partial charge in [-0.25, -0.2) is 0 Å².